The molecule has 0 amide bonds. The number of hydrogen-bond acceptors (Lipinski definition) is 6. The first kappa shape index (κ1) is 18.6. The summed E-state index contributed by atoms with van der Waals surface area (Å²) in [4.78, 5) is 33.2. The van der Waals surface area contributed by atoms with Crippen LogP contribution in [0, 0.1) is 10.1 Å². The number of carbonyl (C=O) groups is 2. The summed E-state index contributed by atoms with van der Waals surface area (Å²) in [6, 6.07) is 6.34. The minimum absolute atomic E-state index is 0.0159. The fraction of sp³-hybridized carbons (Fsp3) is 0.500. The summed E-state index contributed by atoms with van der Waals surface area (Å²) in [6.45, 7) is 2.37. The molecule has 0 heterocycles. The molecule has 7 nitrogen and oxygen atoms in total. The number of rotatable bonds is 10. The summed E-state index contributed by atoms with van der Waals surface area (Å²) in [7, 11) is 0. The first-order valence-electron chi connectivity index (χ1n) is 7.58. The average molecular weight is 323 g/mol. The van der Waals surface area contributed by atoms with Crippen molar-refractivity contribution in [2.45, 2.75) is 39.0 Å². The van der Waals surface area contributed by atoms with E-state index in [0.29, 0.717) is 18.6 Å². The molecule has 7 heteroatoms. The van der Waals surface area contributed by atoms with Crippen LogP contribution in [0.15, 0.2) is 24.3 Å². The van der Waals surface area contributed by atoms with Gasteiger partial charge in [-0.1, -0.05) is 25.1 Å². The lowest BCUT2D eigenvalue weighted by molar-refractivity contribution is -0.385. The number of nitro groups is 1. The molecule has 0 radical (unpaired) electrons. The van der Waals surface area contributed by atoms with Gasteiger partial charge in [0.15, 0.2) is 0 Å². The van der Waals surface area contributed by atoms with Crippen molar-refractivity contribution in [2.24, 2.45) is 0 Å². The van der Waals surface area contributed by atoms with Crippen molar-refractivity contribution in [1.82, 2.24) is 0 Å². The van der Waals surface area contributed by atoms with Gasteiger partial charge in [-0.25, -0.2) is 0 Å². The van der Waals surface area contributed by atoms with E-state index in [9.17, 15) is 19.7 Å². The summed E-state index contributed by atoms with van der Waals surface area (Å²) in [5.74, 6) is -0.744. The minimum atomic E-state index is -0.459. The van der Waals surface area contributed by atoms with Crippen LogP contribution in [0.5, 0.6) is 0 Å². The molecule has 0 spiro atoms. The fourth-order valence-corrected chi connectivity index (χ4v) is 1.91. The number of carbonyl (C=O) groups excluding carboxylic acids is 2. The fourth-order valence-electron chi connectivity index (χ4n) is 1.91. The predicted molar refractivity (Wildman–Crippen MR) is 82.9 cm³/mol. The van der Waals surface area contributed by atoms with E-state index < -0.39 is 10.9 Å². The molecular weight excluding hydrogens is 302 g/mol. The Morgan fingerprint density at radius 2 is 1.70 bits per heavy atom. The Morgan fingerprint density at radius 3 is 2.30 bits per heavy atom. The molecule has 0 aromatic heterocycles. The molecule has 0 saturated carbocycles. The Kier molecular flexibility index (Phi) is 8.34. The van der Waals surface area contributed by atoms with E-state index in [-0.39, 0.29) is 37.5 Å². The maximum absolute atomic E-state index is 11.5. The summed E-state index contributed by atoms with van der Waals surface area (Å²) in [5.41, 5.74) is 0.538. The molecule has 0 saturated heterocycles. The van der Waals surface area contributed by atoms with E-state index in [1.807, 2.05) is 6.92 Å². The van der Waals surface area contributed by atoms with Crippen molar-refractivity contribution in [3.05, 3.63) is 39.9 Å². The monoisotopic (exact) mass is 323 g/mol. The van der Waals surface area contributed by atoms with Crippen LogP contribution in [0.1, 0.15) is 38.2 Å². The predicted octanol–water partition coefficient (Wildman–Crippen LogP) is 2.80. The van der Waals surface area contributed by atoms with Crippen LogP contribution in [-0.2, 0) is 25.5 Å². The van der Waals surface area contributed by atoms with Crippen LogP contribution in [0.25, 0.3) is 0 Å². The van der Waals surface area contributed by atoms with Crippen LogP contribution >= 0.6 is 0 Å². The summed E-state index contributed by atoms with van der Waals surface area (Å²) in [6.07, 6.45) is 1.71. The molecule has 126 valence electrons. The van der Waals surface area contributed by atoms with Gasteiger partial charge in [-0.2, -0.15) is 0 Å². The number of ether oxygens (including phenoxy) is 2. The van der Waals surface area contributed by atoms with Crippen molar-refractivity contribution >= 4 is 17.6 Å². The molecule has 0 aliphatic carbocycles. The molecule has 1 aromatic carbocycles. The topological polar surface area (TPSA) is 95.7 Å². The van der Waals surface area contributed by atoms with E-state index in [4.69, 9.17) is 9.47 Å². The SMILES string of the molecule is CCCOC(=O)CCCC(=O)OCCc1ccccc1[N+](=O)[O-]. The smallest absolute Gasteiger partial charge is 0.305 e. The standard InChI is InChI=1S/C16H21NO6/c1-2-11-22-15(18)8-5-9-16(19)23-12-10-13-6-3-4-7-14(13)17(20)21/h3-4,6-7H,2,5,8-12H2,1H3. The zero-order chi connectivity index (χ0) is 17.1. The first-order valence-corrected chi connectivity index (χ1v) is 7.58. The molecule has 0 aliphatic rings. The molecule has 0 bridgehead atoms. The number of para-hydroxylation sites is 1. The average Bonchev–Trinajstić information content (AvgIpc) is 2.53. The minimum Gasteiger partial charge on any atom is -0.466 e. The van der Waals surface area contributed by atoms with Gasteiger partial charge in [-0.05, 0) is 12.8 Å². The van der Waals surface area contributed by atoms with Gasteiger partial charge in [0.2, 0.25) is 0 Å². The summed E-state index contributed by atoms with van der Waals surface area (Å²) >= 11 is 0. The van der Waals surface area contributed by atoms with Crippen molar-refractivity contribution in [3.8, 4) is 0 Å². The molecular formula is C16H21NO6. The Bertz CT molecular complexity index is 543. The maximum Gasteiger partial charge on any atom is 0.305 e. The third-order valence-electron chi connectivity index (χ3n) is 3.05. The van der Waals surface area contributed by atoms with Gasteiger partial charge in [0.05, 0.1) is 18.1 Å². The molecule has 1 aromatic rings. The van der Waals surface area contributed by atoms with Crippen molar-refractivity contribution < 1.29 is 24.0 Å². The highest BCUT2D eigenvalue weighted by Gasteiger charge is 2.13. The quantitative estimate of drug-likeness (QED) is 0.373. The zero-order valence-electron chi connectivity index (χ0n) is 13.2. The highest BCUT2D eigenvalue weighted by atomic mass is 16.6. The van der Waals surface area contributed by atoms with Crippen molar-refractivity contribution in [1.29, 1.82) is 0 Å². The van der Waals surface area contributed by atoms with E-state index in [0.717, 1.165) is 6.42 Å². The van der Waals surface area contributed by atoms with E-state index in [1.165, 1.54) is 6.07 Å². The number of esters is 2. The van der Waals surface area contributed by atoms with Crippen LogP contribution in [0.3, 0.4) is 0 Å². The number of hydrogen-bond donors (Lipinski definition) is 0. The number of nitro benzene ring substituents is 1. The van der Waals surface area contributed by atoms with E-state index >= 15 is 0 Å². The van der Waals surface area contributed by atoms with Crippen LogP contribution in [0.4, 0.5) is 5.69 Å². The van der Waals surface area contributed by atoms with Gasteiger partial charge < -0.3 is 9.47 Å². The maximum atomic E-state index is 11.5. The first-order chi connectivity index (χ1) is 11.0. The zero-order valence-corrected chi connectivity index (χ0v) is 13.2. The summed E-state index contributed by atoms with van der Waals surface area (Å²) in [5, 5.41) is 10.9. The van der Waals surface area contributed by atoms with Crippen molar-refractivity contribution in [3.63, 3.8) is 0 Å². The second-order valence-corrected chi connectivity index (χ2v) is 4.93. The molecule has 0 atom stereocenters. The third kappa shape index (κ3) is 7.39. The van der Waals surface area contributed by atoms with E-state index in [2.05, 4.69) is 0 Å². The lowest BCUT2D eigenvalue weighted by Crippen LogP contribution is -2.10. The van der Waals surface area contributed by atoms with Gasteiger partial charge in [0.25, 0.3) is 5.69 Å². The van der Waals surface area contributed by atoms with Gasteiger partial charge in [-0.3, -0.25) is 19.7 Å². The van der Waals surface area contributed by atoms with Crippen LogP contribution in [0.2, 0.25) is 0 Å². The lowest BCUT2D eigenvalue weighted by Gasteiger charge is -2.06. The number of benzene rings is 1. The Morgan fingerprint density at radius 1 is 1.09 bits per heavy atom. The largest absolute Gasteiger partial charge is 0.466 e. The van der Waals surface area contributed by atoms with Gasteiger partial charge in [0.1, 0.15) is 0 Å². The molecule has 1 rings (SSSR count). The Balaban J connectivity index is 2.24. The Hall–Kier alpha value is -2.44. The van der Waals surface area contributed by atoms with Crippen molar-refractivity contribution in [2.75, 3.05) is 13.2 Å². The number of nitrogens with zero attached hydrogens (tertiary/aromatic N) is 1. The highest BCUT2D eigenvalue weighted by Crippen LogP contribution is 2.18. The summed E-state index contributed by atoms with van der Waals surface area (Å²) < 4.78 is 9.92. The normalized spacial score (nSPS) is 10.1. The van der Waals surface area contributed by atoms with Gasteiger partial charge in [-0.15, -0.1) is 0 Å². The van der Waals surface area contributed by atoms with Crippen LogP contribution < -0.4 is 0 Å². The molecule has 0 aliphatic heterocycles. The van der Waals surface area contributed by atoms with E-state index in [1.54, 1.807) is 18.2 Å². The van der Waals surface area contributed by atoms with Crippen LogP contribution in [-0.4, -0.2) is 30.1 Å². The second kappa shape index (κ2) is 10.3. The molecule has 0 fully saturated rings. The highest BCUT2D eigenvalue weighted by molar-refractivity contribution is 5.72. The van der Waals surface area contributed by atoms with Gasteiger partial charge >= 0.3 is 11.9 Å². The van der Waals surface area contributed by atoms with Gasteiger partial charge in [0, 0.05) is 30.9 Å². The third-order valence-corrected chi connectivity index (χ3v) is 3.05. The Labute approximate surface area is 134 Å². The molecule has 0 unspecified atom stereocenters. The second-order valence-electron chi connectivity index (χ2n) is 4.93. The lowest BCUT2D eigenvalue weighted by atomic mass is 10.1. The molecule has 23 heavy (non-hydrogen) atoms. The molecule has 0 N–H and O–H groups in total.